The predicted molar refractivity (Wildman–Crippen MR) is 85.2 cm³/mol. The molecule has 1 saturated heterocycles. The Balaban J connectivity index is 1.60. The van der Waals surface area contributed by atoms with Crippen LogP contribution in [0.2, 0.25) is 0 Å². The quantitative estimate of drug-likeness (QED) is 0.766. The van der Waals surface area contributed by atoms with E-state index in [1.54, 1.807) is 0 Å². The Morgan fingerprint density at radius 1 is 1.24 bits per heavy atom. The van der Waals surface area contributed by atoms with E-state index in [-0.39, 0.29) is 18.1 Å². The highest BCUT2D eigenvalue weighted by molar-refractivity contribution is 5.74. The molecule has 1 aliphatic heterocycles. The van der Waals surface area contributed by atoms with Crippen LogP contribution in [0.3, 0.4) is 0 Å². The van der Waals surface area contributed by atoms with Gasteiger partial charge in [0.2, 0.25) is 0 Å². The van der Waals surface area contributed by atoms with Gasteiger partial charge in [-0.3, -0.25) is 0 Å². The number of piperidine rings is 1. The molecule has 2 amide bonds. The van der Waals surface area contributed by atoms with Crippen molar-refractivity contribution in [3.63, 3.8) is 0 Å². The smallest absolute Gasteiger partial charge is 0.317 e. The van der Waals surface area contributed by atoms with Gasteiger partial charge in [-0.2, -0.15) is 0 Å². The first-order valence-corrected chi connectivity index (χ1v) is 8.87. The zero-order valence-corrected chi connectivity index (χ0v) is 13.5. The Kier molecular flexibility index (Phi) is 6.81. The lowest BCUT2D eigenvalue weighted by Crippen LogP contribution is -2.47. The molecule has 2 aliphatic rings. The molecule has 0 bridgehead atoms. The van der Waals surface area contributed by atoms with E-state index in [0.717, 1.165) is 38.3 Å². The molecule has 1 heterocycles. The van der Waals surface area contributed by atoms with Crippen molar-refractivity contribution in [3.05, 3.63) is 0 Å². The standard InChI is InChI=1S/C17H32N2O2/c1-14(20)16-10-6-12-19(13-16)17(21)18-11-5-9-15-7-3-2-4-8-15/h14-16,20H,2-13H2,1H3,(H,18,21). The highest BCUT2D eigenvalue weighted by Crippen LogP contribution is 2.27. The summed E-state index contributed by atoms with van der Waals surface area (Å²) in [6, 6.07) is 0.0593. The number of nitrogens with one attached hydrogen (secondary N) is 1. The summed E-state index contributed by atoms with van der Waals surface area (Å²) in [7, 11) is 0. The van der Waals surface area contributed by atoms with E-state index in [1.165, 1.54) is 38.5 Å². The first-order valence-electron chi connectivity index (χ1n) is 8.87. The van der Waals surface area contributed by atoms with E-state index in [2.05, 4.69) is 5.32 Å². The molecule has 2 unspecified atom stereocenters. The molecule has 0 aromatic rings. The number of carbonyl (C=O) groups excluding carboxylic acids is 1. The Hall–Kier alpha value is -0.770. The molecule has 0 radical (unpaired) electrons. The number of aliphatic hydroxyl groups is 1. The molecule has 0 aromatic heterocycles. The average molecular weight is 296 g/mol. The zero-order chi connectivity index (χ0) is 15.1. The zero-order valence-electron chi connectivity index (χ0n) is 13.5. The molecular weight excluding hydrogens is 264 g/mol. The minimum absolute atomic E-state index is 0.0593. The summed E-state index contributed by atoms with van der Waals surface area (Å²) in [4.78, 5) is 14.0. The second kappa shape index (κ2) is 8.62. The van der Waals surface area contributed by atoms with Crippen molar-refractivity contribution in [1.82, 2.24) is 10.2 Å². The fourth-order valence-corrected chi connectivity index (χ4v) is 3.76. The number of hydrogen-bond donors (Lipinski definition) is 2. The van der Waals surface area contributed by atoms with Crippen molar-refractivity contribution in [2.45, 2.75) is 70.8 Å². The molecule has 0 spiro atoms. The molecule has 2 N–H and O–H groups in total. The summed E-state index contributed by atoms with van der Waals surface area (Å²) in [5.74, 6) is 1.14. The number of hydrogen-bond acceptors (Lipinski definition) is 2. The Labute approximate surface area is 129 Å². The van der Waals surface area contributed by atoms with Gasteiger partial charge < -0.3 is 15.3 Å². The van der Waals surface area contributed by atoms with Crippen LogP contribution in [0, 0.1) is 11.8 Å². The number of carbonyl (C=O) groups is 1. The first-order chi connectivity index (χ1) is 10.2. The van der Waals surface area contributed by atoms with Gasteiger partial charge in [-0.1, -0.05) is 32.1 Å². The van der Waals surface area contributed by atoms with Crippen molar-refractivity contribution in [3.8, 4) is 0 Å². The van der Waals surface area contributed by atoms with Gasteiger partial charge in [-0.25, -0.2) is 4.79 Å². The van der Waals surface area contributed by atoms with Crippen LogP contribution in [0.15, 0.2) is 0 Å². The minimum Gasteiger partial charge on any atom is -0.393 e. The minimum atomic E-state index is -0.313. The van der Waals surface area contributed by atoms with Crippen molar-refractivity contribution in [2.24, 2.45) is 11.8 Å². The third kappa shape index (κ3) is 5.50. The summed E-state index contributed by atoms with van der Waals surface area (Å²) in [5.41, 5.74) is 0. The number of likely N-dealkylation sites (tertiary alicyclic amines) is 1. The molecule has 2 fully saturated rings. The van der Waals surface area contributed by atoms with E-state index in [1.807, 2.05) is 11.8 Å². The van der Waals surface area contributed by atoms with Crippen molar-refractivity contribution in [2.75, 3.05) is 19.6 Å². The molecule has 1 saturated carbocycles. The number of aliphatic hydroxyl groups excluding tert-OH is 1. The topological polar surface area (TPSA) is 52.6 Å². The van der Waals surface area contributed by atoms with Gasteiger partial charge in [-0.05, 0) is 38.5 Å². The molecule has 2 rings (SSSR count). The lowest BCUT2D eigenvalue weighted by atomic mass is 9.86. The van der Waals surface area contributed by atoms with Crippen LogP contribution in [-0.2, 0) is 0 Å². The van der Waals surface area contributed by atoms with Crippen molar-refractivity contribution < 1.29 is 9.90 Å². The predicted octanol–water partition coefficient (Wildman–Crippen LogP) is 3.15. The monoisotopic (exact) mass is 296 g/mol. The van der Waals surface area contributed by atoms with Gasteiger partial charge in [0.25, 0.3) is 0 Å². The second-order valence-electron chi connectivity index (χ2n) is 6.97. The Morgan fingerprint density at radius 3 is 2.71 bits per heavy atom. The first kappa shape index (κ1) is 16.6. The lowest BCUT2D eigenvalue weighted by Gasteiger charge is -2.34. The van der Waals surface area contributed by atoms with Gasteiger partial charge in [0.1, 0.15) is 0 Å². The lowest BCUT2D eigenvalue weighted by molar-refractivity contribution is 0.0739. The maximum Gasteiger partial charge on any atom is 0.317 e. The molecule has 4 heteroatoms. The molecule has 4 nitrogen and oxygen atoms in total. The highest BCUT2D eigenvalue weighted by Gasteiger charge is 2.26. The van der Waals surface area contributed by atoms with E-state index in [9.17, 15) is 9.90 Å². The fraction of sp³-hybridized carbons (Fsp3) is 0.941. The van der Waals surface area contributed by atoms with E-state index < -0.39 is 0 Å². The van der Waals surface area contributed by atoms with Gasteiger partial charge in [0.05, 0.1) is 6.10 Å². The van der Waals surface area contributed by atoms with Gasteiger partial charge in [0.15, 0.2) is 0 Å². The van der Waals surface area contributed by atoms with Crippen LogP contribution in [0.4, 0.5) is 4.79 Å². The number of urea groups is 1. The van der Waals surface area contributed by atoms with Crippen LogP contribution < -0.4 is 5.32 Å². The van der Waals surface area contributed by atoms with Crippen LogP contribution in [0.1, 0.15) is 64.7 Å². The normalized spacial score (nSPS) is 25.6. The molecule has 0 aromatic carbocycles. The van der Waals surface area contributed by atoms with Crippen LogP contribution in [0.5, 0.6) is 0 Å². The maximum atomic E-state index is 12.2. The molecule has 122 valence electrons. The van der Waals surface area contributed by atoms with Crippen LogP contribution >= 0.6 is 0 Å². The summed E-state index contributed by atoms with van der Waals surface area (Å²) in [6.45, 7) is 4.16. The van der Waals surface area contributed by atoms with Crippen LogP contribution in [-0.4, -0.2) is 41.8 Å². The van der Waals surface area contributed by atoms with Crippen molar-refractivity contribution in [1.29, 1.82) is 0 Å². The van der Waals surface area contributed by atoms with Gasteiger partial charge in [0, 0.05) is 25.6 Å². The van der Waals surface area contributed by atoms with E-state index >= 15 is 0 Å². The third-order valence-corrected chi connectivity index (χ3v) is 5.22. The van der Waals surface area contributed by atoms with Gasteiger partial charge in [-0.15, -0.1) is 0 Å². The summed E-state index contributed by atoms with van der Waals surface area (Å²) < 4.78 is 0. The second-order valence-corrected chi connectivity index (χ2v) is 6.97. The fourth-order valence-electron chi connectivity index (χ4n) is 3.76. The van der Waals surface area contributed by atoms with Crippen LogP contribution in [0.25, 0.3) is 0 Å². The molecule has 1 aliphatic carbocycles. The van der Waals surface area contributed by atoms with Gasteiger partial charge >= 0.3 is 6.03 Å². The average Bonchev–Trinajstić information content (AvgIpc) is 2.52. The van der Waals surface area contributed by atoms with E-state index in [4.69, 9.17) is 0 Å². The molecule has 21 heavy (non-hydrogen) atoms. The summed E-state index contributed by atoms with van der Waals surface area (Å²) in [5, 5.41) is 12.7. The highest BCUT2D eigenvalue weighted by atomic mass is 16.3. The number of rotatable bonds is 5. The third-order valence-electron chi connectivity index (χ3n) is 5.22. The van der Waals surface area contributed by atoms with Crippen molar-refractivity contribution >= 4 is 6.03 Å². The molecule has 2 atom stereocenters. The Bertz CT molecular complexity index is 314. The number of nitrogens with zero attached hydrogens (tertiary/aromatic N) is 1. The largest absolute Gasteiger partial charge is 0.393 e. The molecular formula is C17H32N2O2. The summed E-state index contributed by atoms with van der Waals surface area (Å²) in [6.07, 6.45) is 11.1. The Morgan fingerprint density at radius 2 is 2.00 bits per heavy atom. The maximum absolute atomic E-state index is 12.2. The number of amides is 2. The summed E-state index contributed by atoms with van der Waals surface area (Å²) >= 11 is 0. The SMILES string of the molecule is CC(O)C1CCCN(C(=O)NCCCC2CCCCC2)C1. The van der Waals surface area contributed by atoms with E-state index in [0.29, 0.717) is 6.54 Å².